The summed E-state index contributed by atoms with van der Waals surface area (Å²) in [5.41, 5.74) is 2.07. The van der Waals surface area contributed by atoms with Gasteiger partial charge in [-0.05, 0) is 32.4 Å². The summed E-state index contributed by atoms with van der Waals surface area (Å²) in [5.74, 6) is 1.74. The minimum Gasteiger partial charge on any atom is -0.460 e. The van der Waals surface area contributed by atoms with Gasteiger partial charge < -0.3 is 14.5 Å². The molecule has 2 aromatic heterocycles. The summed E-state index contributed by atoms with van der Waals surface area (Å²) in [4.78, 5) is 0. The van der Waals surface area contributed by atoms with E-state index < -0.39 is 0 Å². The Balaban J connectivity index is 1.70. The van der Waals surface area contributed by atoms with Gasteiger partial charge in [-0.15, -0.1) is 0 Å². The lowest BCUT2D eigenvalue weighted by molar-refractivity contribution is 0.113. The van der Waals surface area contributed by atoms with Crippen molar-refractivity contribution in [3.63, 3.8) is 0 Å². The summed E-state index contributed by atoms with van der Waals surface area (Å²) < 4.78 is 11.2. The summed E-state index contributed by atoms with van der Waals surface area (Å²) in [6.45, 7) is 5.66. The molecule has 0 aliphatic carbocycles. The molecule has 1 aliphatic rings. The summed E-state index contributed by atoms with van der Waals surface area (Å²) in [7, 11) is 0. The monoisotopic (exact) mass is 261 g/mol. The van der Waals surface area contributed by atoms with Crippen LogP contribution in [0.5, 0.6) is 0 Å². The standard InChI is InChI=1S/C14H19N3O2/c1-9-3-4-13(19-9)14-11(8-16-17-14)7-15-12-5-6-18-10(12)2/h3-4,8,10,12,15H,5-7H2,1-2H3,(H,16,17). The number of rotatable bonds is 4. The van der Waals surface area contributed by atoms with E-state index in [9.17, 15) is 0 Å². The van der Waals surface area contributed by atoms with E-state index in [1.54, 1.807) is 0 Å². The van der Waals surface area contributed by atoms with Crippen LogP contribution in [-0.4, -0.2) is 29.0 Å². The van der Waals surface area contributed by atoms with Crippen molar-refractivity contribution in [1.29, 1.82) is 0 Å². The molecule has 2 aromatic rings. The number of aromatic amines is 1. The first kappa shape index (κ1) is 12.4. The molecular weight excluding hydrogens is 242 g/mol. The quantitative estimate of drug-likeness (QED) is 0.886. The van der Waals surface area contributed by atoms with Gasteiger partial charge in [0.05, 0.1) is 12.3 Å². The predicted octanol–water partition coefficient (Wildman–Crippen LogP) is 2.25. The Labute approximate surface area is 112 Å². The molecule has 102 valence electrons. The van der Waals surface area contributed by atoms with E-state index >= 15 is 0 Å². The fourth-order valence-electron chi connectivity index (χ4n) is 2.47. The molecule has 2 N–H and O–H groups in total. The van der Waals surface area contributed by atoms with Crippen molar-refractivity contribution in [2.75, 3.05) is 6.61 Å². The van der Waals surface area contributed by atoms with Gasteiger partial charge in [-0.1, -0.05) is 0 Å². The highest BCUT2D eigenvalue weighted by Crippen LogP contribution is 2.23. The molecule has 2 atom stereocenters. The highest BCUT2D eigenvalue weighted by molar-refractivity contribution is 5.56. The van der Waals surface area contributed by atoms with Crippen LogP contribution in [0.15, 0.2) is 22.7 Å². The first-order valence-electron chi connectivity index (χ1n) is 6.68. The molecule has 2 unspecified atom stereocenters. The van der Waals surface area contributed by atoms with Crippen LogP contribution >= 0.6 is 0 Å². The van der Waals surface area contributed by atoms with Crippen molar-refractivity contribution in [3.8, 4) is 11.5 Å². The van der Waals surface area contributed by atoms with Gasteiger partial charge in [0, 0.05) is 24.8 Å². The maximum atomic E-state index is 5.64. The van der Waals surface area contributed by atoms with Crippen LogP contribution in [0.4, 0.5) is 0 Å². The lowest BCUT2D eigenvalue weighted by Crippen LogP contribution is -2.34. The highest BCUT2D eigenvalue weighted by Gasteiger charge is 2.24. The number of hydrogen-bond acceptors (Lipinski definition) is 4. The van der Waals surface area contributed by atoms with E-state index in [-0.39, 0.29) is 6.10 Å². The molecule has 0 amide bonds. The first-order valence-corrected chi connectivity index (χ1v) is 6.68. The Kier molecular flexibility index (Phi) is 3.40. The maximum absolute atomic E-state index is 5.64. The molecule has 1 fully saturated rings. The van der Waals surface area contributed by atoms with Gasteiger partial charge in [0.2, 0.25) is 0 Å². The van der Waals surface area contributed by atoms with Crippen LogP contribution in [0.3, 0.4) is 0 Å². The summed E-state index contributed by atoms with van der Waals surface area (Å²) in [6, 6.07) is 4.34. The van der Waals surface area contributed by atoms with E-state index in [0.29, 0.717) is 6.04 Å². The summed E-state index contributed by atoms with van der Waals surface area (Å²) >= 11 is 0. The minimum absolute atomic E-state index is 0.279. The Morgan fingerprint density at radius 2 is 2.37 bits per heavy atom. The molecule has 5 nitrogen and oxygen atoms in total. The highest BCUT2D eigenvalue weighted by atomic mass is 16.5. The topological polar surface area (TPSA) is 63.1 Å². The van der Waals surface area contributed by atoms with Crippen LogP contribution < -0.4 is 5.32 Å². The molecule has 5 heteroatoms. The third-order valence-corrected chi connectivity index (χ3v) is 3.64. The second-order valence-corrected chi connectivity index (χ2v) is 5.03. The largest absolute Gasteiger partial charge is 0.460 e. The van der Waals surface area contributed by atoms with Crippen molar-refractivity contribution in [2.24, 2.45) is 0 Å². The van der Waals surface area contributed by atoms with Crippen molar-refractivity contribution in [1.82, 2.24) is 15.5 Å². The number of aromatic nitrogens is 2. The second-order valence-electron chi connectivity index (χ2n) is 5.03. The van der Waals surface area contributed by atoms with Gasteiger partial charge >= 0.3 is 0 Å². The Morgan fingerprint density at radius 1 is 1.47 bits per heavy atom. The zero-order chi connectivity index (χ0) is 13.2. The molecule has 0 bridgehead atoms. The molecule has 0 radical (unpaired) electrons. The minimum atomic E-state index is 0.279. The van der Waals surface area contributed by atoms with Crippen LogP contribution in [0, 0.1) is 6.92 Å². The van der Waals surface area contributed by atoms with Gasteiger partial charge in [-0.3, -0.25) is 5.10 Å². The van der Waals surface area contributed by atoms with Gasteiger partial charge in [0.1, 0.15) is 11.5 Å². The Morgan fingerprint density at radius 3 is 3.05 bits per heavy atom. The first-order chi connectivity index (χ1) is 9.24. The van der Waals surface area contributed by atoms with Gasteiger partial charge in [0.15, 0.2) is 5.76 Å². The van der Waals surface area contributed by atoms with E-state index in [1.165, 1.54) is 0 Å². The van der Waals surface area contributed by atoms with Crippen molar-refractivity contribution < 1.29 is 9.15 Å². The number of nitrogens with one attached hydrogen (secondary N) is 2. The van der Waals surface area contributed by atoms with Gasteiger partial charge in [-0.25, -0.2) is 0 Å². The number of hydrogen-bond donors (Lipinski definition) is 2. The zero-order valence-corrected chi connectivity index (χ0v) is 11.3. The average Bonchev–Trinajstić information content (AvgIpc) is 3.07. The average molecular weight is 261 g/mol. The van der Waals surface area contributed by atoms with Crippen molar-refractivity contribution in [3.05, 3.63) is 29.7 Å². The molecule has 1 saturated heterocycles. The number of nitrogens with zero attached hydrogens (tertiary/aromatic N) is 1. The van der Waals surface area contributed by atoms with Crippen molar-refractivity contribution >= 4 is 0 Å². The van der Waals surface area contributed by atoms with E-state index in [4.69, 9.17) is 9.15 Å². The molecule has 3 rings (SSSR count). The summed E-state index contributed by atoms with van der Waals surface area (Å²) in [6.07, 6.45) is 3.19. The molecular formula is C14H19N3O2. The molecule has 0 spiro atoms. The smallest absolute Gasteiger partial charge is 0.152 e. The molecule has 3 heterocycles. The fourth-order valence-corrected chi connectivity index (χ4v) is 2.47. The van der Waals surface area contributed by atoms with E-state index in [0.717, 1.165) is 42.4 Å². The Hall–Kier alpha value is -1.59. The number of ether oxygens (including phenoxy) is 1. The maximum Gasteiger partial charge on any atom is 0.152 e. The Bertz CT molecular complexity index is 546. The summed E-state index contributed by atoms with van der Waals surface area (Å²) in [5, 5.41) is 10.6. The molecule has 0 aromatic carbocycles. The van der Waals surface area contributed by atoms with Crippen LogP contribution in [0.2, 0.25) is 0 Å². The molecule has 19 heavy (non-hydrogen) atoms. The van der Waals surface area contributed by atoms with Crippen molar-refractivity contribution in [2.45, 2.75) is 39.0 Å². The fraction of sp³-hybridized carbons (Fsp3) is 0.500. The lowest BCUT2D eigenvalue weighted by Gasteiger charge is -2.15. The second kappa shape index (κ2) is 5.19. The van der Waals surface area contributed by atoms with Crippen LogP contribution in [0.1, 0.15) is 24.7 Å². The van der Waals surface area contributed by atoms with Crippen LogP contribution in [-0.2, 0) is 11.3 Å². The third-order valence-electron chi connectivity index (χ3n) is 3.64. The zero-order valence-electron chi connectivity index (χ0n) is 11.3. The number of furan rings is 1. The number of H-pyrrole nitrogens is 1. The third kappa shape index (κ3) is 2.57. The van der Waals surface area contributed by atoms with Gasteiger partial charge in [0.25, 0.3) is 0 Å². The normalized spacial score (nSPS) is 23.1. The van der Waals surface area contributed by atoms with Gasteiger partial charge in [-0.2, -0.15) is 5.10 Å². The van der Waals surface area contributed by atoms with E-state index in [2.05, 4.69) is 22.4 Å². The molecule has 0 saturated carbocycles. The SMILES string of the molecule is Cc1ccc(-c2[nH]ncc2CNC2CCOC2C)o1. The van der Waals surface area contributed by atoms with E-state index in [1.807, 2.05) is 25.3 Å². The number of aryl methyl sites for hydroxylation is 1. The van der Waals surface area contributed by atoms with Crippen LogP contribution in [0.25, 0.3) is 11.5 Å². The molecule has 1 aliphatic heterocycles. The lowest BCUT2D eigenvalue weighted by atomic mass is 10.1. The predicted molar refractivity (Wildman–Crippen MR) is 71.7 cm³/mol.